The SMILES string of the molecule is Cc1cc(Cl)cc(O)c1-c1ccc2oc(N(CCO)[C@@H]3CCCN(C)C3)nc2n1. The van der Waals surface area contributed by atoms with Gasteiger partial charge in [-0.15, -0.1) is 0 Å². The summed E-state index contributed by atoms with van der Waals surface area (Å²) in [5, 5.41) is 20.4. The van der Waals surface area contributed by atoms with E-state index in [2.05, 4.69) is 21.9 Å². The smallest absolute Gasteiger partial charge is 0.300 e. The first kappa shape index (κ1) is 19.9. The normalized spacial score (nSPS) is 17.7. The number of aromatic hydroxyl groups is 1. The maximum atomic E-state index is 10.3. The first-order chi connectivity index (χ1) is 14.0. The number of hydrogen-bond donors (Lipinski definition) is 2. The van der Waals surface area contributed by atoms with Crippen LogP contribution in [0.15, 0.2) is 28.7 Å². The van der Waals surface area contributed by atoms with Gasteiger partial charge in [0.15, 0.2) is 5.58 Å². The number of phenols is 1. The van der Waals surface area contributed by atoms with E-state index in [0.29, 0.717) is 40.1 Å². The summed E-state index contributed by atoms with van der Waals surface area (Å²) in [6.45, 7) is 4.33. The van der Waals surface area contributed by atoms with Crippen molar-refractivity contribution >= 4 is 28.8 Å². The van der Waals surface area contributed by atoms with Gasteiger partial charge in [0.1, 0.15) is 5.75 Å². The second-order valence-corrected chi connectivity index (χ2v) is 8.04. The zero-order valence-corrected chi connectivity index (χ0v) is 17.4. The van der Waals surface area contributed by atoms with Gasteiger partial charge in [-0.05, 0) is 63.2 Å². The zero-order chi connectivity index (χ0) is 20.5. The summed E-state index contributed by atoms with van der Waals surface area (Å²) in [6.07, 6.45) is 2.13. The fourth-order valence-electron chi connectivity index (χ4n) is 4.06. The third-order valence-electron chi connectivity index (χ3n) is 5.40. The number of phenolic OH excluding ortho intramolecular Hbond substituents is 1. The number of piperidine rings is 1. The molecule has 0 aliphatic carbocycles. The molecule has 0 radical (unpaired) electrons. The summed E-state index contributed by atoms with van der Waals surface area (Å²) in [7, 11) is 2.10. The van der Waals surface area contributed by atoms with Crippen molar-refractivity contribution in [2.24, 2.45) is 0 Å². The van der Waals surface area contributed by atoms with Gasteiger partial charge >= 0.3 is 0 Å². The van der Waals surface area contributed by atoms with Crippen LogP contribution in [0.4, 0.5) is 6.01 Å². The minimum absolute atomic E-state index is 0.0233. The van der Waals surface area contributed by atoms with Gasteiger partial charge in [-0.25, -0.2) is 4.98 Å². The number of likely N-dealkylation sites (N-methyl/N-ethyl adjacent to an activating group) is 1. The van der Waals surface area contributed by atoms with E-state index in [1.165, 1.54) is 6.07 Å². The van der Waals surface area contributed by atoms with Crippen LogP contribution < -0.4 is 4.90 Å². The fourth-order valence-corrected chi connectivity index (χ4v) is 4.33. The molecule has 0 unspecified atom stereocenters. The molecule has 1 aromatic carbocycles. The Morgan fingerprint density at radius 2 is 2.14 bits per heavy atom. The number of rotatable bonds is 5. The molecular formula is C21H25ClN4O3. The van der Waals surface area contributed by atoms with Crippen molar-refractivity contribution in [2.45, 2.75) is 25.8 Å². The Balaban J connectivity index is 1.71. The van der Waals surface area contributed by atoms with Crippen LogP contribution >= 0.6 is 11.6 Å². The Kier molecular flexibility index (Phi) is 5.63. The van der Waals surface area contributed by atoms with Crippen molar-refractivity contribution in [3.63, 3.8) is 0 Å². The number of hydrogen-bond acceptors (Lipinski definition) is 7. The minimum atomic E-state index is 0.0233. The van der Waals surface area contributed by atoms with Gasteiger partial charge in [0.05, 0.1) is 12.3 Å². The topological polar surface area (TPSA) is 85.9 Å². The Morgan fingerprint density at radius 3 is 2.86 bits per heavy atom. The van der Waals surface area contributed by atoms with Gasteiger partial charge in [-0.3, -0.25) is 0 Å². The number of aliphatic hydroxyl groups excluding tert-OH is 1. The van der Waals surface area contributed by atoms with E-state index in [9.17, 15) is 10.2 Å². The van der Waals surface area contributed by atoms with E-state index in [4.69, 9.17) is 16.0 Å². The number of nitrogens with zero attached hydrogens (tertiary/aromatic N) is 4. The summed E-state index contributed by atoms with van der Waals surface area (Å²) >= 11 is 6.02. The summed E-state index contributed by atoms with van der Waals surface area (Å²) in [5.41, 5.74) is 3.11. The van der Waals surface area contributed by atoms with Gasteiger partial charge in [0, 0.05) is 29.7 Å². The van der Waals surface area contributed by atoms with Crippen LogP contribution in [0.2, 0.25) is 5.02 Å². The summed E-state index contributed by atoms with van der Waals surface area (Å²) in [5.74, 6) is 0.0812. The van der Waals surface area contributed by atoms with Crippen molar-refractivity contribution in [3.05, 3.63) is 34.9 Å². The highest BCUT2D eigenvalue weighted by molar-refractivity contribution is 6.31. The molecule has 154 valence electrons. The van der Waals surface area contributed by atoms with Gasteiger partial charge in [-0.2, -0.15) is 4.98 Å². The Hall–Kier alpha value is -2.35. The van der Waals surface area contributed by atoms with E-state index in [0.717, 1.165) is 31.5 Å². The number of likely N-dealkylation sites (tertiary alicyclic amines) is 1. The molecule has 29 heavy (non-hydrogen) atoms. The monoisotopic (exact) mass is 416 g/mol. The quantitative estimate of drug-likeness (QED) is 0.658. The van der Waals surface area contributed by atoms with Crippen molar-refractivity contribution in [1.82, 2.24) is 14.9 Å². The lowest BCUT2D eigenvalue weighted by Gasteiger charge is -2.36. The zero-order valence-electron chi connectivity index (χ0n) is 16.6. The van der Waals surface area contributed by atoms with Gasteiger partial charge in [0.2, 0.25) is 5.65 Å². The average molecular weight is 417 g/mol. The molecule has 0 saturated carbocycles. The number of fused-ring (bicyclic) bond motifs is 1. The van der Waals surface area contributed by atoms with Gasteiger partial charge in [0.25, 0.3) is 6.01 Å². The van der Waals surface area contributed by atoms with E-state index in [1.54, 1.807) is 12.1 Å². The van der Waals surface area contributed by atoms with Crippen molar-refractivity contribution in [3.8, 4) is 17.0 Å². The predicted molar refractivity (Wildman–Crippen MR) is 114 cm³/mol. The molecule has 8 heteroatoms. The summed E-state index contributed by atoms with van der Waals surface area (Å²) in [4.78, 5) is 13.5. The fraction of sp³-hybridized carbons (Fsp3) is 0.429. The maximum Gasteiger partial charge on any atom is 0.300 e. The molecule has 2 N–H and O–H groups in total. The van der Waals surface area contributed by atoms with Gasteiger partial charge < -0.3 is 24.4 Å². The van der Waals surface area contributed by atoms with Crippen LogP contribution in [0.1, 0.15) is 18.4 Å². The number of pyridine rings is 1. The van der Waals surface area contributed by atoms with Crippen LogP contribution in [0.5, 0.6) is 5.75 Å². The second-order valence-electron chi connectivity index (χ2n) is 7.61. The van der Waals surface area contributed by atoms with E-state index in [-0.39, 0.29) is 18.4 Å². The van der Waals surface area contributed by atoms with Crippen molar-refractivity contribution in [2.75, 3.05) is 38.2 Å². The number of aliphatic hydroxyl groups is 1. The molecule has 3 heterocycles. The highest BCUT2D eigenvalue weighted by Crippen LogP contribution is 2.35. The lowest BCUT2D eigenvalue weighted by Crippen LogP contribution is -2.48. The highest BCUT2D eigenvalue weighted by Gasteiger charge is 2.27. The van der Waals surface area contributed by atoms with Crippen molar-refractivity contribution in [1.29, 1.82) is 0 Å². The number of aryl methyl sites for hydroxylation is 1. The molecule has 1 atom stereocenters. The molecule has 4 rings (SSSR count). The molecule has 2 aromatic heterocycles. The number of oxazole rings is 1. The standard InChI is InChI=1S/C21H25ClN4O3/c1-13-10-14(22)11-17(28)19(13)16-5-6-18-20(23-16)24-21(29-18)26(8-9-27)15-4-3-7-25(2)12-15/h5-6,10-11,15,27-28H,3-4,7-9,12H2,1-2H3/t15-/m1/s1. The molecule has 1 fully saturated rings. The van der Waals surface area contributed by atoms with Gasteiger partial charge in [-0.1, -0.05) is 11.6 Å². The highest BCUT2D eigenvalue weighted by atomic mass is 35.5. The maximum absolute atomic E-state index is 10.3. The number of benzene rings is 1. The summed E-state index contributed by atoms with van der Waals surface area (Å²) in [6, 6.07) is 7.61. The Labute approximate surface area is 174 Å². The van der Waals surface area contributed by atoms with E-state index >= 15 is 0 Å². The van der Waals surface area contributed by atoms with Crippen LogP contribution in [-0.4, -0.2) is 64.4 Å². The third kappa shape index (κ3) is 4.03. The van der Waals surface area contributed by atoms with E-state index in [1.807, 2.05) is 17.9 Å². The molecular weight excluding hydrogens is 392 g/mol. The predicted octanol–water partition coefficient (Wildman–Crippen LogP) is 3.45. The largest absolute Gasteiger partial charge is 0.507 e. The first-order valence-electron chi connectivity index (χ1n) is 9.79. The molecule has 0 bridgehead atoms. The molecule has 3 aromatic rings. The second kappa shape index (κ2) is 8.18. The number of halogens is 1. The average Bonchev–Trinajstić information content (AvgIpc) is 3.08. The molecule has 0 spiro atoms. The van der Waals surface area contributed by atoms with Crippen LogP contribution in [0.25, 0.3) is 22.5 Å². The van der Waals surface area contributed by atoms with Crippen LogP contribution in [0, 0.1) is 6.92 Å². The lowest BCUT2D eigenvalue weighted by atomic mass is 10.0. The molecule has 7 nitrogen and oxygen atoms in total. The third-order valence-corrected chi connectivity index (χ3v) is 5.62. The van der Waals surface area contributed by atoms with Crippen LogP contribution in [-0.2, 0) is 0 Å². The Bertz CT molecular complexity index is 999. The van der Waals surface area contributed by atoms with Crippen molar-refractivity contribution < 1.29 is 14.6 Å². The lowest BCUT2D eigenvalue weighted by molar-refractivity contribution is 0.228. The molecule has 1 aliphatic rings. The summed E-state index contributed by atoms with van der Waals surface area (Å²) < 4.78 is 5.98. The molecule has 0 amide bonds. The molecule has 1 saturated heterocycles. The molecule has 1 aliphatic heterocycles. The number of anilines is 1. The van der Waals surface area contributed by atoms with E-state index < -0.39 is 0 Å². The first-order valence-corrected chi connectivity index (χ1v) is 10.2. The number of aromatic nitrogens is 2. The minimum Gasteiger partial charge on any atom is -0.507 e. The Morgan fingerprint density at radius 1 is 1.31 bits per heavy atom. The van der Waals surface area contributed by atoms with Crippen LogP contribution in [0.3, 0.4) is 0 Å².